The molecule has 2 rings (SSSR count). The van der Waals surface area contributed by atoms with Gasteiger partial charge in [-0.1, -0.05) is 0 Å². The summed E-state index contributed by atoms with van der Waals surface area (Å²) in [7, 11) is 2.14. The van der Waals surface area contributed by atoms with Crippen molar-refractivity contribution in [3.63, 3.8) is 0 Å². The van der Waals surface area contributed by atoms with Crippen LogP contribution in [0.15, 0.2) is 31.0 Å². The van der Waals surface area contributed by atoms with Crippen LogP contribution >= 0.6 is 0 Å². The largest absolute Gasteiger partial charge is 0.331 e. The van der Waals surface area contributed by atoms with Gasteiger partial charge < -0.3 is 4.57 Å². The fraction of sp³-hybridized carbons (Fsp3) is 0.467. The van der Waals surface area contributed by atoms with Gasteiger partial charge in [0.2, 0.25) is 0 Å². The number of rotatable bonds is 5. The van der Waals surface area contributed by atoms with Gasteiger partial charge in [-0.3, -0.25) is 9.88 Å². The third-order valence-corrected chi connectivity index (χ3v) is 3.31. The lowest BCUT2D eigenvalue weighted by Crippen LogP contribution is -2.20. The molecule has 0 radical (unpaired) electrons. The Morgan fingerprint density at radius 3 is 2.68 bits per heavy atom. The van der Waals surface area contributed by atoms with Gasteiger partial charge in [0, 0.05) is 37.7 Å². The lowest BCUT2D eigenvalue weighted by molar-refractivity contribution is 0.306. The highest BCUT2D eigenvalue weighted by Crippen LogP contribution is 2.13. The van der Waals surface area contributed by atoms with E-state index in [9.17, 15) is 0 Å². The van der Waals surface area contributed by atoms with E-state index < -0.39 is 0 Å². The molecule has 0 saturated heterocycles. The van der Waals surface area contributed by atoms with E-state index in [4.69, 9.17) is 0 Å². The van der Waals surface area contributed by atoms with Crippen LogP contribution in [0.1, 0.15) is 36.7 Å². The van der Waals surface area contributed by atoms with Gasteiger partial charge in [-0.2, -0.15) is 0 Å². The predicted molar refractivity (Wildman–Crippen MR) is 76.8 cm³/mol. The first kappa shape index (κ1) is 13.7. The zero-order valence-electron chi connectivity index (χ0n) is 12.2. The third kappa shape index (κ3) is 3.41. The van der Waals surface area contributed by atoms with Crippen molar-refractivity contribution < 1.29 is 0 Å². The molecule has 0 saturated carbocycles. The van der Waals surface area contributed by atoms with E-state index in [-0.39, 0.29) is 0 Å². The minimum Gasteiger partial charge on any atom is -0.331 e. The van der Waals surface area contributed by atoms with Crippen molar-refractivity contribution in [2.45, 2.75) is 39.9 Å². The second-order valence-corrected chi connectivity index (χ2v) is 5.36. The lowest BCUT2D eigenvalue weighted by Gasteiger charge is -2.20. The Labute approximate surface area is 115 Å². The van der Waals surface area contributed by atoms with E-state index in [0.29, 0.717) is 6.04 Å². The second kappa shape index (κ2) is 5.97. The maximum Gasteiger partial charge on any atom is 0.0951 e. The van der Waals surface area contributed by atoms with Crippen molar-refractivity contribution in [2.75, 3.05) is 7.05 Å². The average molecular weight is 258 g/mol. The fourth-order valence-electron chi connectivity index (χ4n) is 2.22. The molecule has 0 bridgehead atoms. The van der Waals surface area contributed by atoms with Gasteiger partial charge >= 0.3 is 0 Å². The SMILES string of the molecule is Cc1cnccc1CN(C)Cc1cncn1C(C)C. The van der Waals surface area contributed by atoms with Gasteiger partial charge in [-0.25, -0.2) is 4.98 Å². The number of aromatic nitrogens is 3. The quantitative estimate of drug-likeness (QED) is 0.827. The summed E-state index contributed by atoms with van der Waals surface area (Å²) < 4.78 is 2.22. The summed E-state index contributed by atoms with van der Waals surface area (Å²) in [5.41, 5.74) is 3.82. The Hall–Kier alpha value is -1.68. The van der Waals surface area contributed by atoms with Gasteiger partial charge in [-0.15, -0.1) is 0 Å². The van der Waals surface area contributed by atoms with Crippen molar-refractivity contribution in [1.82, 2.24) is 19.4 Å². The minimum atomic E-state index is 0.452. The van der Waals surface area contributed by atoms with E-state index in [1.54, 1.807) is 0 Å². The molecule has 0 aliphatic rings. The van der Waals surface area contributed by atoms with Crippen LogP contribution in [0.2, 0.25) is 0 Å². The van der Waals surface area contributed by atoms with E-state index >= 15 is 0 Å². The summed E-state index contributed by atoms with van der Waals surface area (Å²) in [6, 6.07) is 2.54. The molecule has 0 unspecified atom stereocenters. The fourth-order valence-corrected chi connectivity index (χ4v) is 2.22. The molecule has 2 aromatic rings. The number of imidazole rings is 1. The maximum absolute atomic E-state index is 4.25. The standard InChI is InChI=1S/C15H22N4/c1-12(2)19-11-17-8-15(19)10-18(4)9-14-5-6-16-7-13(14)3/h5-8,11-12H,9-10H2,1-4H3. The molecule has 0 N–H and O–H groups in total. The summed E-state index contributed by atoms with van der Waals surface area (Å²) >= 11 is 0. The van der Waals surface area contributed by atoms with E-state index in [2.05, 4.69) is 53.3 Å². The highest BCUT2D eigenvalue weighted by molar-refractivity contribution is 5.21. The molecule has 4 nitrogen and oxygen atoms in total. The van der Waals surface area contributed by atoms with E-state index in [0.717, 1.165) is 13.1 Å². The van der Waals surface area contributed by atoms with Gasteiger partial charge in [0.1, 0.15) is 0 Å². The van der Waals surface area contributed by atoms with Crippen molar-refractivity contribution in [3.8, 4) is 0 Å². The smallest absolute Gasteiger partial charge is 0.0951 e. The zero-order chi connectivity index (χ0) is 13.8. The molecule has 0 spiro atoms. The molecular formula is C15H22N4. The molecular weight excluding hydrogens is 236 g/mol. The molecule has 2 heterocycles. The second-order valence-electron chi connectivity index (χ2n) is 5.36. The molecule has 0 fully saturated rings. The molecule has 0 amide bonds. The van der Waals surface area contributed by atoms with Gasteiger partial charge in [0.15, 0.2) is 0 Å². The lowest BCUT2D eigenvalue weighted by atomic mass is 10.1. The van der Waals surface area contributed by atoms with Gasteiger partial charge in [0.05, 0.1) is 12.0 Å². The van der Waals surface area contributed by atoms with Gasteiger partial charge in [0.25, 0.3) is 0 Å². The Morgan fingerprint density at radius 1 is 1.21 bits per heavy atom. The van der Waals surface area contributed by atoms with Crippen LogP contribution in [0.3, 0.4) is 0 Å². The number of pyridine rings is 1. The molecule has 0 aliphatic heterocycles. The normalized spacial score (nSPS) is 11.5. The summed E-state index contributed by atoms with van der Waals surface area (Å²) in [6.07, 6.45) is 7.64. The van der Waals surface area contributed by atoms with Crippen molar-refractivity contribution in [2.24, 2.45) is 0 Å². The zero-order valence-corrected chi connectivity index (χ0v) is 12.2. The summed E-state index contributed by atoms with van der Waals surface area (Å²) in [6.45, 7) is 8.29. The predicted octanol–water partition coefficient (Wildman–Crippen LogP) is 2.80. The Balaban J connectivity index is 2.03. The van der Waals surface area contributed by atoms with E-state index in [1.165, 1.54) is 16.8 Å². The summed E-state index contributed by atoms with van der Waals surface area (Å²) in [4.78, 5) is 10.7. The summed E-state index contributed by atoms with van der Waals surface area (Å²) in [5, 5.41) is 0. The Kier molecular flexibility index (Phi) is 4.32. The maximum atomic E-state index is 4.25. The molecule has 4 heteroatoms. The van der Waals surface area contributed by atoms with Crippen LogP contribution in [-0.4, -0.2) is 26.5 Å². The molecule has 0 aromatic carbocycles. The highest BCUT2D eigenvalue weighted by Gasteiger charge is 2.09. The van der Waals surface area contributed by atoms with Crippen molar-refractivity contribution in [1.29, 1.82) is 0 Å². The van der Waals surface area contributed by atoms with Crippen LogP contribution in [0, 0.1) is 6.92 Å². The van der Waals surface area contributed by atoms with Crippen LogP contribution in [0.25, 0.3) is 0 Å². The topological polar surface area (TPSA) is 34.0 Å². The van der Waals surface area contributed by atoms with Crippen LogP contribution in [-0.2, 0) is 13.1 Å². The Morgan fingerprint density at radius 2 is 2.00 bits per heavy atom. The molecule has 102 valence electrons. The molecule has 0 aliphatic carbocycles. The number of aryl methyl sites for hydroxylation is 1. The number of hydrogen-bond donors (Lipinski definition) is 0. The minimum absolute atomic E-state index is 0.452. The van der Waals surface area contributed by atoms with Crippen LogP contribution < -0.4 is 0 Å². The average Bonchev–Trinajstić information content (AvgIpc) is 2.80. The first-order chi connectivity index (χ1) is 9.08. The Bertz CT molecular complexity index is 530. The number of nitrogens with zero attached hydrogens (tertiary/aromatic N) is 4. The first-order valence-corrected chi connectivity index (χ1v) is 6.66. The monoisotopic (exact) mass is 258 g/mol. The first-order valence-electron chi connectivity index (χ1n) is 6.66. The molecule has 19 heavy (non-hydrogen) atoms. The van der Waals surface area contributed by atoms with Crippen LogP contribution in [0.4, 0.5) is 0 Å². The third-order valence-electron chi connectivity index (χ3n) is 3.31. The molecule has 2 aromatic heterocycles. The van der Waals surface area contributed by atoms with E-state index in [1.807, 2.05) is 24.9 Å². The molecule has 0 atom stereocenters. The van der Waals surface area contributed by atoms with Gasteiger partial charge in [-0.05, 0) is 45.0 Å². The van der Waals surface area contributed by atoms with Crippen LogP contribution in [0.5, 0.6) is 0 Å². The van der Waals surface area contributed by atoms with Crippen molar-refractivity contribution in [3.05, 3.63) is 47.8 Å². The summed E-state index contributed by atoms with van der Waals surface area (Å²) in [5.74, 6) is 0. The highest BCUT2D eigenvalue weighted by atomic mass is 15.1. The van der Waals surface area contributed by atoms with Crippen molar-refractivity contribution >= 4 is 0 Å². The number of hydrogen-bond acceptors (Lipinski definition) is 3.